The number of aromatic nitrogens is 4. The van der Waals surface area contributed by atoms with Crippen molar-refractivity contribution in [1.29, 1.82) is 0 Å². The lowest BCUT2D eigenvalue weighted by molar-refractivity contribution is 0.0547. The predicted molar refractivity (Wildman–Crippen MR) is 120 cm³/mol. The van der Waals surface area contributed by atoms with Gasteiger partial charge in [0.2, 0.25) is 5.88 Å². The van der Waals surface area contributed by atoms with Crippen LogP contribution in [0.1, 0.15) is 26.3 Å². The SMILES string of the molecule is COc1nnc(-c2ccncc2)cc1-c1c(CO)c2ccccc2n1C(=O)OC(C)(C)C. The molecule has 0 atom stereocenters. The number of hydrogen-bond acceptors (Lipinski definition) is 7. The van der Waals surface area contributed by atoms with E-state index in [2.05, 4.69) is 15.2 Å². The number of hydrogen-bond donors (Lipinski definition) is 1. The molecule has 3 heterocycles. The summed E-state index contributed by atoms with van der Waals surface area (Å²) in [6.45, 7) is 5.12. The molecule has 0 bridgehead atoms. The van der Waals surface area contributed by atoms with E-state index < -0.39 is 11.7 Å². The monoisotopic (exact) mass is 432 g/mol. The maximum Gasteiger partial charge on any atom is 0.419 e. The Morgan fingerprint density at radius 3 is 2.47 bits per heavy atom. The van der Waals surface area contributed by atoms with Crippen LogP contribution < -0.4 is 4.74 Å². The molecule has 32 heavy (non-hydrogen) atoms. The number of para-hydroxylation sites is 1. The van der Waals surface area contributed by atoms with Gasteiger partial charge in [-0.2, -0.15) is 0 Å². The number of ether oxygens (including phenoxy) is 2. The van der Waals surface area contributed by atoms with Gasteiger partial charge >= 0.3 is 6.09 Å². The Labute approximate surface area is 185 Å². The first-order chi connectivity index (χ1) is 15.3. The van der Waals surface area contributed by atoms with E-state index in [0.717, 1.165) is 10.9 Å². The van der Waals surface area contributed by atoms with Crippen LogP contribution >= 0.6 is 0 Å². The number of nitrogens with zero attached hydrogens (tertiary/aromatic N) is 4. The lowest BCUT2D eigenvalue weighted by Crippen LogP contribution is -2.27. The lowest BCUT2D eigenvalue weighted by Gasteiger charge is -2.21. The lowest BCUT2D eigenvalue weighted by atomic mass is 10.0. The molecule has 3 aromatic heterocycles. The third-order valence-electron chi connectivity index (χ3n) is 4.90. The van der Waals surface area contributed by atoms with Crippen molar-refractivity contribution in [1.82, 2.24) is 19.7 Å². The van der Waals surface area contributed by atoms with Gasteiger partial charge in [-0.3, -0.25) is 4.98 Å². The van der Waals surface area contributed by atoms with E-state index in [9.17, 15) is 9.90 Å². The summed E-state index contributed by atoms with van der Waals surface area (Å²) in [5.41, 5.74) is 2.82. The van der Waals surface area contributed by atoms with Crippen molar-refractivity contribution in [3.05, 3.63) is 60.4 Å². The third-order valence-corrected chi connectivity index (χ3v) is 4.90. The molecular formula is C24H24N4O4. The van der Waals surface area contributed by atoms with Crippen molar-refractivity contribution in [2.24, 2.45) is 0 Å². The average Bonchev–Trinajstić information content (AvgIpc) is 3.12. The van der Waals surface area contributed by atoms with Gasteiger partial charge in [-0.1, -0.05) is 18.2 Å². The zero-order valence-corrected chi connectivity index (χ0v) is 18.4. The van der Waals surface area contributed by atoms with Crippen molar-refractivity contribution >= 4 is 17.0 Å². The van der Waals surface area contributed by atoms with Crippen molar-refractivity contribution < 1.29 is 19.4 Å². The van der Waals surface area contributed by atoms with Gasteiger partial charge < -0.3 is 14.6 Å². The Kier molecular flexibility index (Phi) is 5.63. The second-order valence-electron chi connectivity index (χ2n) is 8.21. The summed E-state index contributed by atoms with van der Waals surface area (Å²) >= 11 is 0. The van der Waals surface area contributed by atoms with E-state index >= 15 is 0 Å². The first kappa shape index (κ1) is 21.5. The molecule has 0 radical (unpaired) electrons. The van der Waals surface area contributed by atoms with Gasteiger partial charge in [0.15, 0.2) is 0 Å². The van der Waals surface area contributed by atoms with Gasteiger partial charge in [0, 0.05) is 28.9 Å². The summed E-state index contributed by atoms with van der Waals surface area (Å²) in [4.78, 5) is 17.4. The van der Waals surface area contributed by atoms with Crippen LogP contribution in [0.5, 0.6) is 5.88 Å². The summed E-state index contributed by atoms with van der Waals surface area (Å²) in [6, 6.07) is 12.8. The van der Waals surface area contributed by atoms with Gasteiger partial charge in [0.25, 0.3) is 0 Å². The molecule has 0 aliphatic heterocycles. The first-order valence-electron chi connectivity index (χ1n) is 10.1. The van der Waals surface area contributed by atoms with E-state index in [1.54, 1.807) is 39.2 Å². The highest BCUT2D eigenvalue weighted by molar-refractivity contribution is 6.00. The van der Waals surface area contributed by atoms with Crippen molar-refractivity contribution in [2.45, 2.75) is 33.0 Å². The topological polar surface area (TPSA) is 99.4 Å². The first-order valence-corrected chi connectivity index (χ1v) is 10.1. The minimum absolute atomic E-state index is 0.227. The number of aliphatic hydroxyl groups excluding tert-OH is 1. The van der Waals surface area contributed by atoms with Gasteiger partial charge in [0.05, 0.1) is 36.2 Å². The number of methoxy groups -OCH3 is 1. The fourth-order valence-electron chi connectivity index (χ4n) is 3.61. The highest BCUT2D eigenvalue weighted by Gasteiger charge is 2.28. The molecular weight excluding hydrogens is 408 g/mol. The van der Waals surface area contributed by atoms with Crippen LogP contribution in [0.3, 0.4) is 0 Å². The van der Waals surface area contributed by atoms with E-state index in [1.165, 1.54) is 11.7 Å². The molecule has 0 spiro atoms. The third kappa shape index (κ3) is 3.92. The molecule has 0 saturated carbocycles. The molecule has 8 heteroatoms. The zero-order valence-electron chi connectivity index (χ0n) is 18.4. The fourth-order valence-corrected chi connectivity index (χ4v) is 3.61. The summed E-state index contributed by atoms with van der Waals surface area (Å²) in [6.07, 6.45) is 2.77. The molecule has 0 amide bonds. The molecule has 0 unspecified atom stereocenters. The van der Waals surface area contributed by atoms with Crippen molar-refractivity contribution in [3.8, 4) is 28.4 Å². The van der Waals surface area contributed by atoms with Crippen molar-refractivity contribution in [3.63, 3.8) is 0 Å². The van der Waals surface area contributed by atoms with Crippen LogP contribution in [0.15, 0.2) is 54.9 Å². The molecule has 1 aromatic carbocycles. The molecule has 0 saturated heterocycles. The summed E-state index contributed by atoms with van der Waals surface area (Å²) < 4.78 is 12.6. The van der Waals surface area contributed by atoms with E-state index in [-0.39, 0.29) is 12.5 Å². The normalized spacial score (nSPS) is 11.5. The standard InChI is InChI=1S/C24H24N4O4/c1-24(2,3)32-23(30)28-20-8-6-5-7-16(20)18(14-29)21(28)17-13-19(26-27-22(17)31-4)15-9-11-25-12-10-15/h5-13,29H,14H2,1-4H3. The number of aliphatic hydroxyl groups is 1. The summed E-state index contributed by atoms with van der Waals surface area (Å²) in [5.74, 6) is 0.227. The van der Waals surface area contributed by atoms with Gasteiger partial charge in [-0.15, -0.1) is 10.2 Å². The van der Waals surface area contributed by atoms with E-state index in [4.69, 9.17) is 9.47 Å². The molecule has 0 fully saturated rings. The Hall–Kier alpha value is -3.78. The van der Waals surface area contributed by atoms with Crippen LogP contribution in [0.25, 0.3) is 33.4 Å². The largest absolute Gasteiger partial charge is 0.479 e. The van der Waals surface area contributed by atoms with Crippen LogP contribution in [0.2, 0.25) is 0 Å². The highest BCUT2D eigenvalue weighted by Crippen LogP contribution is 2.39. The molecule has 0 aliphatic rings. The smallest absolute Gasteiger partial charge is 0.419 e. The molecule has 4 aromatic rings. The number of carbonyl (C=O) groups excluding carboxylic acids is 1. The minimum Gasteiger partial charge on any atom is -0.479 e. The number of carbonyl (C=O) groups is 1. The van der Waals surface area contributed by atoms with Crippen LogP contribution in [-0.2, 0) is 11.3 Å². The maximum absolute atomic E-state index is 13.3. The molecule has 1 N–H and O–H groups in total. The maximum atomic E-state index is 13.3. The Morgan fingerprint density at radius 2 is 1.81 bits per heavy atom. The summed E-state index contributed by atoms with van der Waals surface area (Å²) in [7, 11) is 1.48. The Morgan fingerprint density at radius 1 is 1.09 bits per heavy atom. The van der Waals surface area contributed by atoms with Gasteiger partial charge in [0.1, 0.15) is 5.60 Å². The Balaban J connectivity index is 2.04. The van der Waals surface area contributed by atoms with Gasteiger partial charge in [-0.05, 0) is 45.0 Å². The van der Waals surface area contributed by atoms with Crippen LogP contribution in [-0.4, -0.2) is 43.7 Å². The Bertz CT molecular complexity index is 1280. The second kappa shape index (κ2) is 8.39. The zero-order chi connectivity index (χ0) is 22.9. The van der Waals surface area contributed by atoms with Crippen molar-refractivity contribution in [2.75, 3.05) is 7.11 Å². The van der Waals surface area contributed by atoms with E-state index in [1.807, 2.05) is 36.4 Å². The van der Waals surface area contributed by atoms with Gasteiger partial charge in [-0.25, -0.2) is 9.36 Å². The number of pyridine rings is 1. The molecule has 4 rings (SSSR count). The molecule has 0 aliphatic carbocycles. The number of rotatable bonds is 4. The van der Waals surface area contributed by atoms with Crippen LogP contribution in [0, 0.1) is 0 Å². The summed E-state index contributed by atoms with van der Waals surface area (Å²) in [5, 5.41) is 19.5. The minimum atomic E-state index is -0.706. The number of benzene rings is 1. The average molecular weight is 432 g/mol. The molecule has 164 valence electrons. The van der Waals surface area contributed by atoms with E-state index in [0.29, 0.717) is 28.0 Å². The predicted octanol–water partition coefficient (Wildman–Crippen LogP) is 4.44. The fraction of sp³-hybridized carbons (Fsp3) is 0.250. The molecule has 8 nitrogen and oxygen atoms in total. The van der Waals surface area contributed by atoms with Crippen LogP contribution in [0.4, 0.5) is 4.79 Å². The highest BCUT2D eigenvalue weighted by atomic mass is 16.6. The quantitative estimate of drug-likeness (QED) is 0.509. The second-order valence-corrected chi connectivity index (χ2v) is 8.21. The number of fused-ring (bicyclic) bond motifs is 1.